The highest BCUT2D eigenvalue weighted by molar-refractivity contribution is 5.05. The average molecular weight is 263 g/mol. The van der Waals surface area contributed by atoms with Gasteiger partial charge >= 0.3 is 0 Å². The van der Waals surface area contributed by atoms with Crippen LogP contribution in [0.15, 0.2) is 12.4 Å². The maximum Gasteiger partial charge on any atom is 0.145 e. The number of ether oxygens (including phenoxy) is 1. The third-order valence-electron chi connectivity index (χ3n) is 3.66. The van der Waals surface area contributed by atoms with Crippen LogP contribution >= 0.6 is 0 Å². The van der Waals surface area contributed by atoms with Crippen LogP contribution in [0.2, 0.25) is 0 Å². The molecule has 0 amide bonds. The van der Waals surface area contributed by atoms with Gasteiger partial charge < -0.3 is 10.1 Å². The number of aryl methyl sites for hydroxylation is 1. The molecule has 2 rings (SSSR count). The third-order valence-corrected chi connectivity index (χ3v) is 3.66. The highest BCUT2D eigenvalue weighted by atomic mass is 16.5. The molecule has 0 radical (unpaired) electrons. The van der Waals surface area contributed by atoms with Crippen molar-refractivity contribution in [1.82, 2.24) is 15.3 Å². The van der Waals surface area contributed by atoms with Gasteiger partial charge in [-0.2, -0.15) is 0 Å². The summed E-state index contributed by atoms with van der Waals surface area (Å²) in [5, 5.41) is 3.59. The van der Waals surface area contributed by atoms with E-state index >= 15 is 0 Å². The molecular formula is C15H25N3O. The van der Waals surface area contributed by atoms with E-state index in [-0.39, 0.29) is 6.04 Å². The summed E-state index contributed by atoms with van der Waals surface area (Å²) in [6.45, 7) is 7.04. The minimum absolute atomic E-state index is 0.281. The van der Waals surface area contributed by atoms with Crippen molar-refractivity contribution in [1.29, 1.82) is 0 Å². The fourth-order valence-corrected chi connectivity index (χ4v) is 2.50. The lowest BCUT2D eigenvalue weighted by Gasteiger charge is -2.26. The van der Waals surface area contributed by atoms with Gasteiger partial charge in [-0.15, -0.1) is 0 Å². The van der Waals surface area contributed by atoms with Gasteiger partial charge in [0.1, 0.15) is 5.82 Å². The van der Waals surface area contributed by atoms with Gasteiger partial charge in [-0.3, -0.25) is 0 Å². The van der Waals surface area contributed by atoms with Crippen molar-refractivity contribution in [3.63, 3.8) is 0 Å². The molecule has 1 aromatic rings. The second kappa shape index (κ2) is 7.56. The second-order valence-corrected chi connectivity index (χ2v) is 5.42. The van der Waals surface area contributed by atoms with Gasteiger partial charge in [0.15, 0.2) is 0 Å². The normalized spacial score (nSPS) is 18.4. The molecule has 106 valence electrons. The number of nitrogens with one attached hydrogen (secondary N) is 1. The molecular weight excluding hydrogens is 238 g/mol. The Hall–Kier alpha value is -1.00. The van der Waals surface area contributed by atoms with Crippen molar-refractivity contribution in [2.75, 3.05) is 19.8 Å². The van der Waals surface area contributed by atoms with Crippen molar-refractivity contribution in [3.05, 3.63) is 23.8 Å². The predicted octanol–water partition coefficient (Wildman–Crippen LogP) is 2.64. The number of nitrogens with zero attached hydrogens (tertiary/aromatic N) is 2. The van der Waals surface area contributed by atoms with Gasteiger partial charge in [0.2, 0.25) is 0 Å². The zero-order chi connectivity index (χ0) is 13.5. The van der Waals surface area contributed by atoms with Crippen molar-refractivity contribution >= 4 is 0 Å². The topological polar surface area (TPSA) is 47.0 Å². The summed E-state index contributed by atoms with van der Waals surface area (Å²) in [4.78, 5) is 8.98. The van der Waals surface area contributed by atoms with Crippen molar-refractivity contribution in [2.24, 2.45) is 5.92 Å². The van der Waals surface area contributed by atoms with E-state index in [9.17, 15) is 0 Å². The molecule has 19 heavy (non-hydrogen) atoms. The summed E-state index contributed by atoms with van der Waals surface area (Å²) in [6.07, 6.45) is 8.40. The van der Waals surface area contributed by atoms with Crippen LogP contribution in [-0.2, 0) is 4.74 Å². The smallest absolute Gasteiger partial charge is 0.145 e. The van der Waals surface area contributed by atoms with Crippen LogP contribution in [0.4, 0.5) is 0 Å². The van der Waals surface area contributed by atoms with E-state index < -0.39 is 0 Å². The average Bonchev–Trinajstić information content (AvgIpc) is 2.45. The molecule has 1 unspecified atom stereocenters. The Morgan fingerprint density at radius 1 is 1.32 bits per heavy atom. The Bertz CT molecular complexity index is 360. The Labute approximate surface area is 116 Å². The standard InChI is InChI=1S/C15H25N3O/c1-3-6-16-14(9-13-4-7-19-8-5-13)15-17-10-12(2)11-18-15/h10-11,13-14,16H,3-9H2,1-2H3. The largest absolute Gasteiger partial charge is 0.381 e. The Kier molecular flexibility index (Phi) is 5.73. The highest BCUT2D eigenvalue weighted by Crippen LogP contribution is 2.26. The van der Waals surface area contributed by atoms with Crippen molar-refractivity contribution in [2.45, 2.75) is 45.6 Å². The highest BCUT2D eigenvalue weighted by Gasteiger charge is 2.21. The lowest BCUT2D eigenvalue weighted by molar-refractivity contribution is 0.0602. The van der Waals surface area contributed by atoms with E-state index in [0.29, 0.717) is 0 Å². The zero-order valence-corrected chi connectivity index (χ0v) is 12.1. The first-order valence-electron chi connectivity index (χ1n) is 7.39. The first kappa shape index (κ1) is 14.4. The second-order valence-electron chi connectivity index (χ2n) is 5.42. The van der Waals surface area contributed by atoms with Gasteiger partial charge in [-0.1, -0.05) is 6.92 Å². The lowest BCUT2D eigenvalue weighted by atomic mass is 9.92. The zero-order valence-electron chi connectivity index (χ0n) is 12.1. The van der Waals surface area contributed by atoms with Crippen LogP contribution < -0.4 is 5.32 Å². The van der Waals surface area contributed by atoms with Crippen molar-refractivity contribution in [3.8, 4) is 0 Å². The molecule has 4 nitrogen and oxygen atoms in total. The molecule has 0 aromatic carbocycles. The van der Waals surface area contributed by atoms with Gasteiger partial charge in [-0.25, -0.2) is 9.97 Å². The first-order valence-corrected chi connectivity index (χ1v) is 7.39. The minimum atomic E-state index is 0.281. The molecule has 1 aliphatic heterocycles. The Morgan fingerprint density at radius 3 is 2.63 bits per heavy atom. The summed E-state index contributed by atoms with van der Waals surface area (Å²) in [7, 11) is 0. The van der Waals surface area contributed by atoms with E-state index in [1.165, 1.54) is 0 Å². The third kappa shape index (κ3) is 4.55. The molecule has 0 spiro atoms. The van der Waals surface area contributed by atoms with Gasteiger partial charge in [0.05, 0.1) is 6.04 Å². The summed E-state index contributed by atoms with van der Waals surface area (Å²) < 4.78 is 5.43. The molecule has 1 aromatic heterocycles. The van der Waals surface area contributed by atoms with E-state index in [0.717, 1.165) is 62.7 Å². The fourth-order valence-electron chi connectivity index (χ4n) is 2.50. The van der Waals surface area contributed by atoms with Crippen LogP contribution in [0.25, 0.3) is 0 Å². The molecule has 0 aliphatic carbocycles. The number of hydrogen-bond donors (Lipinski definition) is 1. The molecule has 1 atom stereocenters. The minimum Gasteiger partial charge on any atom is -0.381 e. The maximum atomic E-state index is 5.43. The van der Waals surface area contributed by atoms with Crippen LogP contribution in [-0.4, -0.2) is 29.7 Å². The number of aromatic nitrogens is 2. The first-order chi connectivity index (χ1) is 9.29. The maximum absolute atomic E-state index is 5.43. The molecule has 2 heterocycles. The van der Waals surface area contributed by atoms with E-state index in [1.807, 2.05) is 19.3 Å². The van der Waals surface area contributed by atoms with E-state index in [2.05, 4.69) is 22.2 Å². The monoisotopic (exact) mass is 263 g/mol. The molecule has 4 heteroatoms. The van der Waals surface area contributed by atoms with Crippen LogP contribution in [0.1, 0.15) is 50.0 Å². The Balaban J connectivity index is 1.99. The van der Waals surface area contributed by atoms with Gasteiger partial charge in [0.25, 0.3) is 0 Å². The molecule has 1 aliphatic rings. The van der Waals surface area contributed by atoms with E-state index in [1.54, 1.807) is 0 Å². The fraction of sp³-hybridized carbons (Fsp3) is 0.733. The predicted molar refractivity (Wildman–Crippen MR) is 76.0 cm³/mol. The summed E-state index contributed by atoms with van der Waals surface area (Å²) in [5.41, 5.74) is 1.11. The van der Waals surface area contributed by atoms with Crippen molar-refractivity contribution < 1.29 is 4.74 Å². The number of rotatable bonds is 6. The number of hydrogen-bond acceptors (Lipinski definition) is 4. The van der Waals surface area contributed by atoms with Gasteiger partial charge in [0, 0.05) is 25.6 Å². The van der Waals surface area contributed by atoms with Crippen LogP contribution in [0.3, 0.4) is 0 Å². The van der Waals surface area contributed by atoms with Crippen LogP contribution in [0, 0.1) is 12.8 Å². The molecule has 1 saturated heterocycles. The molecule has 1 fully saturated rings. The molecule has 0 saturated carbocycles. The van der Waals surface area contributed by atoms with Gasteiger partial charge in [-0.05, 0) is 50.6 Å². The summed E-state index contributed by atoms with van der Waals surface area (Å²) in [5.74, 6) is 1.67. The Morgan fingerprint density at radius 2 is 2.00 bits per heavy atom. The lowest BCUT2D eigenvalue weighted by Crippen LogP contribution is -2.28. The summed E-state index contributed by atoms with van der Waals surface area (Å²) in [6, 6.07) is 0.281. The molecule has 0 bridgehead atoms. The summed E-state index contributed by atoms with van der Waals surface area (Å²) >= 11 is 0. The SMILES string of the molecule is CCCNC(CC1CCOCC1)c1ncc(C)cn1. The quantitative estimate of drug-likeness (QED) is 0.857. The van der Waals surface area contributed by atoms with E-state index in [4.69, 9.17) is 4.74 Å². The van der Waals surface area contributed by atoms with Crippen LogP contribution in [0.5, 0.6) is 0 Å². The molecule has 1 N–H and O–H groups in total.